The lowest BCUT2D eigenvalue weighted by atomic mass is 9.68. The van der Waals surface area contributed by atoms with E-state index in [9.17, 15) is 9.90 Å². The molecule has 0 bridgehead atoms. The van der Waals surface area contributed by atoms with Gasteiger partial charge in [0.2, 0.25) is 0 Å². The van der Waals surface area contributed by atoms with Crippen molar-refractivity contribution in [2.45, 2.75) is 37.5 Å². The van der Waals surface area contributed by atoms with E-state index in [1.165, 1.54) is 6.07 Å². The van der Waals surface area contributed by atoms with Gasteiger partial charge in [0.1, 0.15) is 5.82 Å². The van der Waals surface area contributed by atoms with E-state index in [0.717, 1.165) is 5.56 Å². The van der Waals surface area contributed by atoms with Crippen LogP contribution in [-0.4, -0.2) is 28.8 Å². The number of benzene rings is 3. The summed E-state index contributed by atoms with van der Waals surface area (Å²) >= 11 is 5.49. The third-order valence-corrected chi connectivity index (χ3v) is 6.81. The maximum absolute atomic E-state index is 15.1. The first-order valence-electron chi connectivity index (χ1n) is 11.7. The molecular weight excluding hydrogens is 463 g/mol. The number of aliphatic hydroxyl groups is 1. The Hall–Kier alpha value is -3.13. The van der Waals surface area contributed by atoms with Crippen LogP contribution in [0.15, 0.2) is 84.9 Å². The van der Waals surface area contributed by atoms with Crippen LogP contribution in [-0.2, 0) is 16.9 Å². The summed E-state index contributed by atoms with van der Waals surface area (Å²) in [5, 5.41) is 16.4. The minimum absolute atomic E-state index is 0.0872. The topological polar surface area (TPSA) is 70.6 Å². The minimum atomic E-state index is -0.992. The number of aliphatic hydroxyl groups excluding tert-OH is 1. The second-order valence-corrected chi connectivity index (χ2v) is 9.21. The van der Waals surface area contributed by atoms with Crippen LogP contribution in [0.4, 0.5) is 4.39 Å². The van der Waals surface area contributed by atoms with Gasteiger partial charge >= 0.3 is 0 Å². The van der Waals surface area contributed by atoms with Gasteiger partial charge in [-0.3, -0.25) is 10.1 Å². The molecule has 0 radical (unpaired) electrons. The van der Waals surface area contributed by atoms with Crippen molar-refractivity contribution in [1.29, 1.82) is 0 Å². The average molecular weight is 493 g/mol. The Labute approximate surface area is 210 Å². The monoisotopic (exact) mass is 492 g/mol. The number of thiocarbonyl (C=S) groups is 1. The number of carbonyl (C=O) groups excluding carboxylic acids is 1. The SMILES string of the molecule is O=C(NC(=S)N[C@@]1(c2ccccc2F)CC[C@@H](OCc2ccccc2)C[C@@H]1CO)c1ccccc1. The molecule has 3 aromatic rings. The largest absolute Gasteiger partial charge is 0.396 e. The van der Waals surface area contributed by atoms with E-state index in [0.29, 0.717) is 37.0 Å². The van der Waals surface area contributed by atoms with E-state index in [4.69, 9.17) is 17.0 Å². The molecule has 0 aliphatic heterocycles. The van der Waals surface area contributed by atoms with Crippen molar-refractivity contribution in [3.8, 4) is 0 Å². The Morgan fingerprint density at radius 3 is 2.37 bits per heavy atom. The summed E-state index contributed by atoms with van der Waals surface area (Å²) in [7, 11) is 0. The highest BCUT2D eigenvalue weighted by Crippen LogP contribution is 2.43. The number of hydrogen-bond acceptors (Lipinski definition) is 4. The predicted molar refractivity (Wildman–Crippen MR) is 137 cm³/mol. The van der Waals surface area contributed by atoms with Crippen LogP contribution in [0, 0.1) is 11.7 Å². The third kappa shape index (κ3) is 5.93. The van der Waals surface area contributed by atoms with Gasteiger partial charge in [0.05, 0.1) is 18.2 Å². The molecule has 0 saturated heterocycles. The second kappa shape index (κ2) is 11.5. The molecule has 1 aliphatic rings. The Bertz CT molecular complexity index is 1150. The molecule has 182 valence electrons. The van der Waals surface area contributed by atoms with Crippen LogP contribution in [0.2, 0.25) is 0 Å². The van der Waals surface area contributed by atoms with Gasteiger partial charge < -0.3 is 15.2 Å². The summed E-state index contributed by atoms with van der Waals surface area (Å²) in [4.78, 5) is 12.6. The van der Waals surface area contributed by atoms with E-state index in [1.807, 2.05) is 36.4 Å². The van der Waals surface area contributed by atoms with Crippen LogP contribution < -0.4 is 10.6 Å². The molecule has 0 unspecified atom stereocenters. The van der Waals surface area contributed by atoms with Gasteiger partial charge in [-0.2, -0.15) is 0 Å². The average Bonchev–Trinajstić information content (AvgIpc) is 2.89. The molecule has 3 atom stereocenters. The first kappa shape index (κ1) is 25.0. The van der Waals surface area contributed by atoms with Crippen molar-refractivity contribution in [3.63, 3.8) is 0 Å². The fourth-order valence-corrected chi connectivity index (χ4v) is 5.08. The van der Waals surface area contributed by atoms with E-state index in [2.05, 4.69) is 10.6 Å². The van der Waals surface area contributed by atoms with Gasteiger partial charge in [-0.15, -0.1) is 0 Å². The number of ether oxygens (including phenoxy) is 1. The fraction of sp³-hybridized carbons (Fsp3) is 0.286. The molecule has 1 amide bonds. The van der Waals surface area contributed by atoms with E-state index in [-0.39, 0.29) is 35.5 Å². The Balaban J connectivity index is 1.54. The van der Waals surface area contributed by atoms with E-state index >= 15 is 4.39 Å². The number of amides is 1. The zero-order valence-electron chi connectivity index (χ0n) is 19.3. The maximum atomic E-state index is 15.1. The number of nitrogens with one attached hydrogen (secondary N) is 2. The molecule has 1 fully saturated rings. The highest BCUT2D eigenvalue weighted by molar-refractivity contribution is 7.80. The Morgan fingerprint density at radius 1 is 1.03 bits per heavy atom. The molecule has 0 heterocycles. The highest BCUT2D eigenvalue weighted by Gasteiger charge is 2.47. The van der Waals surface area contributed by atoms with Crippen molar-refractivity contribution >= 4 is 23.2 Å². The van der Waals surface area contributed by atoms with Gasteiger partial charge in [-0.05, 0) is 55.2 Å². The Kier molecular flexibility index (Phi) is 8.23. The summed E-state index contributed by atoms with van der Waals surface area (Å²) in [5.41, 5.74) is 0.959. The van der Waals surface area contributed by atoms with Gasteiger partial charge in [0.25, 0.3) is 5.91 Å². The van der Waals surface area contributed by atoms with E-state index < -0.39 is 5.54 Å². The summed E-state index contributed by atoms with van der Waals surface area (Å²) < 4.78 is 21.2. The van der Waals surface area contributed by atoms with Crippen molar-refractivity contribution < 1.29 is 19.0 Å². The van der Waals surface area contributed by atoms with Crippen LogP contribution >= 0.6 is 12.2 Å². The lowest BCUT2D eigenvalue weighted by Crippen LogP contribution is -2.58. The summed E-state index contributed by atoms with van der Waals surface area (Å²) in [6.07, 6.45) is 1.53. The smallest absolute Gasteiger partial charge is 0.257 e. The second-order valence-electron chi connectivity index (χ2n) is 8.80. The predicted octanol–water partition coefficient (Wildman–Crippen LogP) is 4.70. The lowest BCUT2D eigenvalue weighted by molar-refractivity contribution is -0.0388. The first-order chi connectivity index (χ1) is 17.0. The molecule has 3 aromatic carbocycles. The quantitative estimate of drug-likeness (QED) is 0.417. The molecule has 35 heavy (non-hydrogen) atoms. The molecule has 4 rings (SSSR count). The summed E-state index contributed by atoms with van der Waals surface area (Å²) in [6.45, 7) is 0.275. The summed E-state index contributed by atoms with van der Waals surface area (Å²) in [6, 6.07) is 25.1. The number of hydrogen-bond donors (Lipinski definition) is 3. The number of halogens is 1. The molecule has 7 heteroatoms. The van der Waals surface area contributed by atoms with Crippen molar-refractivity contribution in [2.75, 3.05) is 6.61 Å². The zero-order valence-corrected chi connectivity index (χ0v) is 20.1. The first-order valence-corrected chi connectivity index (χ1v) is 12.1. The van der Waals surface area contributed by atoms with Gasteiger partial charge in [-0.25, -0.2) is 4.39 Å². The minimum Gasteiger partial charge on any atom is -0.396 e. The highest BCUT2D eigenvalue weighted by atomic mass is 32.1. The van der Waals surface area contributed by atoms with Gasteiger partial charge in [0, 0.05) is 23.7 Å². The van der Waals surface area contributed by atoms with Crippen LogP contribution in [0.5, 0.6) is 0 Å². The zero-order chi connectivity index (χ0) is 24.7. The molecular formula is C28H29FN2O3S. The Morgan fingerprint density at radius 2 is 1.69 bits per heavy atom. The van der Waals surface area contributed by atoms with E-state index in [1.54, 1.807) is 42.5 Å². The maximum Gasteiger partial charge on any atom is 0.257 e. The molecule has 5 nitrogen and oxygen atoms in total. The normalized spacial score (nSPS) is 21.8. The van der Waals surface area contributed by atoms with Gasteiger partial charge in [-0.1, -0.05) is 66.7 Å². The molecule has 1 aliphatic carbocycles. The molecule has 3 N–H and O–H groups in total. The van der Waals surface area contributed by atoms with Crippen LogP contribution in [0.25, 0.3) is 0 Å². The number of rotatable bonds is 7. The molecule has 1 saturated carbocycles. The third-order valence-electron chi connectivity index (χ3n) is 6.61. The molecule has 0 spiro atoms. The molecule has 0 aromatic heterocycles. The van der Waals surface area contributed by atoms with Gasteiger partial charge in [0.15, 0.2) is 5.11 Å². The van der Waals surface area contributed by atoms with Crippen molar-refractivity contribution in [1.82, 2.24) is 10.6 Å². The van der Waals surface area contributed by atoms with Crippen molar-refractivity contribution in [2.24, 2.45) is 5.92 Å². The fourth-order valence-electron chi connectivity index (χ4n) is 4.81. The number of carbonyl (C=O) groups is 1. The summed E-state index contributed by atoms with van der Waals surface area (Å²) in [5.74, 6) is -1.13. The standard InChI is InChI=1S/C28H29FN2O3S/c29-25-14-8-7-13-24(25)28(31-27(35)30-26(33)21-11-5-2-6-12-21)16-15-23(17-22(28)18-32)34-19-20-9-3-1-4-10-20/h1-14,22-23,32H,15-19H2,(H2,30,31,33,35)/t22-,23-,28+/m1/s1. The lowest BCUT2D eigenvalue weighted by Gasteiger charge is -2.47. The van der Waals surface area contributed by atoms with Crippen LogP contribution in [0.1, 0.15) is 40.7 Å². The van der Waals surface area contributed by atoms with Crippen LogP contribution in [0.3, 0.4) is 0 Å². The van der Waals surface area contributed by atoms with Crippen molar-refractivity contribution in [3.05, 3.63) is 107 Å².